The molecule has 0 saturated heterocycles. The molecule has 0 amide bonds. The number of hydrogen-bond donors (Lipinski definition) is 0. The van der Waals surface area contributed by atoms with Gasteiger partial charge in [-0.3, -0.25) is 0 Å². The first-order valence-corrected chi connectivity index (χ1v) is 23.7. The van der Waals surface area contributed by atoms with Gasteiger partial charge in [0.05, 0.1) is 0 Å². The lowest BCUT2D eigenvalue weighted by Crippen LogP contribution is -2.14. The molecule has 61 heavy (non-hydrogen) atoms. The summed E-state index contributed by atoms with van der Waals surface area (Å²) in [6.07, 6.45) is 28.9. The maximum Gasteiger partial charge on any atom is 0.159 e. The third kappa shape index (κ3) is 14.0. The van der Waals surface area contributed by atoms with E-state index >= 15 is 0 Å². The summed E-state index contributed by atoms with van der Waals surface area (Å²) in [5.74, 6) is 1.50. The molecule has 6 rings (SSSR count). The van der Waals surface area contributed by atoms with Crippen molar-refractivity contribution in [1.82, 2.24) is 19.9 Å². The number of ether oxygens (including phenoxy) is 1. The zero-order valence-corrected chi connectivity index (χ0v) is 37.6. The zero-order valence-electron chi connectivity index (χ0n) is 37.6. The van der Waals surface area contributed by atoms with Gasteiger partial charge in [-0.05, 0) is 95.9 Å². The average molecular weight is 815 g/mol. The van der Waals surface area contributed by atoms with Gasteiger partial charge >= 0.3 is 0 Å². The van der Waals surface area contributed by atoms with Crippen molar-refractivity contribution in [1.29, 1.82) is 0 Å². The molecular weight excluding hydrogens is 745 g/mol. The van der Waals surface area contributed by atoms with Crippen LogP contribution >= 0.6 is 0 Å². The molecule has 2 heterocycles. The van der Waals surface area contributed by atoms with Crippen LogP contribution in [0.1, 0.15) is 174 Å². The van der Waals surface area contributed by atoms with Crippen molar-refractivity contribution in [2.45, 2.75) is 155 Å². The molecule has 5 heteroatoms. The Balaban J connectivity index is 1.30. The quantitative estimate of drug-likeness (QED) is 0.0511. The number of aromatic nitrogens is 4. The van der Waals surface area contributed by atoms with Gasteiger partial charge in [0.2, 0.25) is 0 Å². The topological polar surface area (TPSA) is 60.8 Å². The van der Waals surface area contributed by atoms with Gasteiger partial charge in [0.25, 0.3) is 0 Å². The minimum Gasteiger partial charge on any atom is -0.356 e. The second-order valence-electron chi connectivity index (χ2n) is 17.0. The highest BCUT2D eigenvalue weighted by molar-refractivity contribution is 5.57. The Kier molecular flexibility index (Phi) is 18.7. The average Bonchev–Trinajstić information content (AvgIpc) is 3.31. The van der Waals surface area contributed by atoms with Crippen LogP contribution in [0.3, 0.4) is 0 Å². The van der Waals surface area contributed by atoms with Gasteiger partial charge in [-0.2, -0.15) is 0 Å². The molecule has 0 aliphatic carbocycles. The maximum absolute atomic E-state index is 7.44. The fourth-order valence-electron chi connectivity index (χ4n) is 8.10. The van der Waals surface area contributed by atoms with Crippen LogP contribution < -0.4 is 0 Å². The Bertz CT molecular complexity index is 1940. The third-order valence-corrected chi connectivity index (χ3v) is 12.0. The smallest absolute Gasteiger partial charge is 0.159 e. The fraction of sp³-hybridized carbons (Fsp3) is 0.429. The molecule has 2 aromatic heterocycles. The van der Waals surface area contributed by atoms with Crippen molar-refractivity contribution in [2.75, 3.05) is 0 Å². The van der Waals surface area contributed by atoms with Crippen LogP contribution in [0, 0.1) is 0 Å². The molecule has 0 aliphatic heterocycles. The van der Waals surface area contributed by atoms with E-state index in [9.17, 15) is 0 Å². The van der Waals surface area contributed by atoms with Crippen LogP contribution in [0.4, 0.5) is 0 Å². The lowest BCUT2D eigenvalue weighted by molar-refractivity contribution is 0.0308. The van der Waals surface area contributed by atoms with Crippen molar-refractivity contribution in [3.8, 4) is 22.8 Å². The fourth-order valence-corrected chi connectivity index (χ4v) is 8.10. The Morgan fingerprint density at radius 1 is 0.328 bits per heavy atom. The molecule has 2 atom stereocenters. The molecule has 0 aliphatic rings. The SMILES string of the molecule is CCCCCCc1cnc(-c2ccc(C(OC(c3ccc(CCCCC)cc3)c3ccc(-c4ncc(CCCCCC)cn4)cc3)c3ccc(CCCCC)cc3)cc2)nc1. The highest BCUT2D eigenvalue weighted by Crippen LogP contribution is 2.38. The lowest BCUT2D eigenvalue weighted by atomic mass is 9.95. The summed E-state index contributed by atoms with van der Waals surface area (Å²) in [6, 6.07) is 35.6. The summed E-state index contributed by atoms with van der Waals surface area (Å²) in [5.41, 5.74) is 11.6. The number of aryl methyl sites for hydroxylation is 4. The van der Waals surface area contributed by atoms with E-state index in [0.29, 0.717) is 0 Å². The van der Waals surface area contributed by atoms with Crippen molar-refractivity contribution >= 4 is 0 Å². The minimum atomic E-state index is -0.313. The van der Waals surface area contributed by atoms with E-state index in [1.807, 2.05) is 24.8 Å². The van der Waals surface area contributed by atoms with Crippen LogP contribution in [0.2, 0.25) is 0 Å². The van der Waals surface area contributed by atoms with Gasteiger partial charge < -0.3 is 4.74 Å². The normalized spacial score (nSPS) is 12.4. The minimum absolute atomic E-state index is 0.313. The predicted octanol–water partition coefficient (Wildman–Crippen LogP) is 15.2. The van der Waals surface area contributed by atoms with Crippen LogP contribution in [-0.2, 0) is 30.4 Å². The summed E-state index contributed by atoms with van der Waals surface area (Å²) in [4.78, 5) is 19.1. The van der Waals surface area contributed by atoms with E-state index in [4.69, 9.17) is 24.7 Å². The van der Waals surface area contributed by atoms with Crippen molar-refractivity contribution in [3.05, 3.63) is 166 Å². The first-order chi connectivity index (χ1) is 30.1. The largest absolute Gasteiger partial charge is 0.356 e. The summed E-state index contributed by atoms with van der Waals surface area (Å²) >= 11 is 0. The Labute approximate surface area is 367 Å². The molecule has 0 spiro atoms. The molecule has 5 nitrogen and oxygen atoms in total. The zero-order chi connectivity index (χ0) is 42.5. The van der Waals surface area contributed by atoms with E-state index in [1.54, 1.807) is 0 Å². The van der Waals surface area contributed by atoms with Gasteiger partial charge in [0.1, 0.15) is 12.2 Å². The van der Waals surface area contributed by atoms with E-state index in [-0.39, 0.29) is 12.2 Å². The van der Waals surface area contributed by atoms with Crippen LogP contribution in [0.5, 0.6) is 0 Å². The molecular formula is C56H70N4O. The third-order valence-electron chi connectivity index (χ3n) is 12.0. The molecule has 0 fully saturated rings. The molecule has 0 saturated carbocycles. The van der Waals surface area contributed by atoms with Crippen molar-refractivity contribution in [3.63, 3.8) is 0 Å². The summed E-state index contributed by atoms with van der Waals surface area (Å²) < 4.78 is 7.44. The molecule has 0 bridgehead atoms. The first kappa shape index (κ1) is 45.5. The van der Waals surface area contributed by atoms with E-state index < -0.39 is 0 Å². The summed E-state index contributed by atoms with van der Waals surface area (Å²) in [7, 11) is 0. The van der Waals surface area contributed by atoms with E-state index in [1.165, 1.54) is 112 Å². The molecule has 6 aromatic rings. The number of nitrogens with zero attached hydrogens (tertiary/aromatic N) is 4. The standard InChI is InChI=1S/C56H70N4O/c1-5-9-13-17-21-45-39-57-55(58-40-45)51-35-31-49(32-36-51)53(47-27-23-43(24-28-47)19-15-11-7-3)61-54(48-29-25-44(26-30-48)20-16-12-8-4)50-33-37-52(38-34-50)56-59-41-46(42-60-56)22-18-14-10-6-2/h23-42,53-54H,5-22H2,1-4H3. The lowest BCUT2D eigenvalue weighted by Gasteiger charge is -2.27. The molecule has 0 radical (unpaired) electrons. The first-order valence-electron chi connectivity index (χ1n) is 23.7. The second-order valence-corrected chi connectivity index (χ2v) is 17.0. The second kappa shape index (κ2) is 25.1. The van der Waals surface area contributed by atoms with Gasteiger partial charge in [0.15, 0.2) is 11.6 Å². The molecule has 320 valence electrons. The van der Waals surface area contributed by atoms with Gasteiger partial charge in [-0.25, -0.2) is 19.9 Å². The van der Waals surface area contributed by atoms with Crippen LogP contribution in [0.15, 0.2) is 122 Å². The van der Waals surface area contributed by atoms with Gasteiger partial charge in [-0.15, -0.1) is 0 Å². The Morgan fingerprint density at radius 3 is 0.934 bits per heavy atom. The van der Waals surface area contributed by atoms with Crippen molar-refractivity contribution in [2.24, 2.45) is 0 Å². The molecule has 2 unspecified atom stereocenters. The van der Waals surface area contributed by atoms with Crippen LogP contribution in [0.25, 0.3) is 22.8 Å². The number of benzene rings is 4. The van der Waals surface area contributed by atoms with Gasteiger partial charge in [0, 0.05) is 35.9 Å². The number of rotatable bonds is 26. The van der Waals surface area contributed by atoms with E-state index in [2.05, 4.69) is 125 Å². The summed E-state index contributed by atoms with van der Waals surface area (Å²) in [6.45, 7) is 9.02. The Morgan fingerprint density at radius 2 is 0.607 bits per heavy atom. The highest BCUT2D eigenvalue weighted by atomic mass is 16.5. The number of unbranched alkanes of at least 4 members (excludes halogenated alkanes) is 10. The van der Waals surface area contributed by atoms with Gasteiger partial charge in [-0.1, -0.05) is 189 Å². The number of hydrogen-bond acceptors (Lipinski definition) is 5. The van der Waals surface area contributed by atoms with Crippen molar-refractivity contribution < 1.29 is 4.74 Å². The highest BCUT2D eigenvalue weighted by Gasteiger charge is 2.24. The predicted molar refractivity (Wildman–Crippen MR) is 255 cm³/mol. The Hall–Kier alpha value is -5.00. The maximum atomic E-state index is 7.44. The molecule has 4 aromatic carbocycles. The van der Waals surface area contributed by atoms with Crippen LogP contribution in [-0.4, -0.2) is 19.9 Å². The summed E-state index contributed by atoms with van der Waals surface area (Å²) in [5, 5.41) is 0. The van der Waals surface area contributed by atoms with E-state index in [0.717, 1.165) is 70.7 Å². The molecule has 0 N–H and O–H groups in total. The monoisotopic (exact) mass is 815 g/mol.